The topological polar surface area (TPSA) is 106 Å². The van der Waals surface area contributed by atoms with Crippen molar-refractivity contribution in [3.05, 3.63) is 80.2 Å². The molecule has 0 fully saturated rings. The SMILES string of the molecule is CC(C)O.CC(C)O.Cc1ccc(N=Cc2cc(Br)ccc2O)cc1N=Cc1cc(Br)ccc1O.[Ti]. The van der Waals surface area contributed by atoms with Crippen molar-refractivity contribution in [3.63, 3.8) is 0 Å². The number of rotatable bonds is 4. The molecule has 0 atom stereocenters. The van der Waals surface area contributed by atoms with E-state index in [2.05, 4.69) is 41.8 Å². The molecule has 0 heterocycles. The molecular formula is C27H32Br2N2O4Ti. The Morgan fingerprint density at radius 2 is 1.11 bits per heavy atom. The van der Waals surface area contributed by atoms with Crippen LogP contribution >= 0.6 is 31.9 Å². The van der Waals surface area contributed by atoms with Gasteiger partial charge in [0.2, 0.25) is 0 Å². The van der Waals surface area contributed by atoms with Crippen molar-refractivity contribution in [1.29, 1.82) is 0 Å². The van der Waals surface area contributed by atoms with E-state index in [1.54, 1.807) is 76.5 Å². The van der Waals surface area contributed by atoms with Gasteiger partial charge >= 0.3 is 0 Å². The van der Waals surface area contributed by atoms with Gasteiger partial charge in [-0.05, 0) is 88.7 Å². The van der Waals surface area contributed by atoms with Crippen molar-refractivity contribution >= 4 is 55.7 Å². The van der Waals surface area contributed by atoms with E-state index in [9.17, 15) is 10.2 Å². The van der Waals surface area contributed by atoms with Gasteiger partial charge in [-0.3, -0.25) is 9.98 Å². The van der Waals surface area contributed by atoms with Crippen LogP contribution in [0.25, 0.3) is 0 Å². The Morgan fingerprint density at radius 3 is 1.56 bits per heavy atom. The third-order valence-electron chi connectivity index (χ3n) is 3.87. The van der Waals surface area contributed by atoms with Gasteiger partial charge < -0.3 is 20.4 Å². The fourth-order valence-corrected chi connectivity index (χ4v) is 3.12. The van der Waals surface area contributed by atoms with Crippen molar-refractivity contribution in [2.24, 2.45) is 9.98 Å². The molecule has 0 aliphatic rings. The third kappa shape index (κ3) is 14.1. The normalized spacial score (nSPS) is 10.6. The van der Waals surface area contributed by atoms with E-state index in [4.69, 9.17) is 10.2 Å². The van der Waals surface area contributed by atoms with Crippen LogP contribution in [0.5, 0.6) is 11.5 Å². The summed E-state index contributed by atoms with van der Waals surface area (Å²) in [5, 5.41) is 36.0. The number of hydrogen-bond donors (Lipinski definition) is 4. The molecule has 0 saturated carbocycles. The predicted molar refractivity (Wildman–Crippen MR) is 152 cm³/mol. The number of aliphatic hydroxyl groups is 2. The van der Waals surface area contributed by atoms with Gasteiger partial charge in [0.15, 0.2) is 0 Å². The minimum atomic E-state index is -0.167. The van der Waals surface area contributed by atoms with Gasteiger partial charge in [0.25, 0.3) is 0 Å². The van der Waals surface area contributed by atoms with E-state index < -0.39 is 0 Å². The molecule has 0 aromatic heterocycles. The zero-order valence-corrected chi connectivity index (χ0v) is 25.7. The molecular weight excluding hydrogens is 624 g/mol. The average molecular weight is 656 g/mol. The Labute approximate surface area is 245 Å². The summed E-state index contributed by atoms with van der Waals surface area (Å²) < 4.78 is 1.73. The van der Waals surface area contributed by atoms with Crippen LogP contribution in [0.4, 0.5) is 11.4 Å². The van der Waals surface area contributed by atoms with Crippen LogP contribution in [0.2, 0.25) is 0 Å². The van der Waals surface area contributed by atoms with Gasteiger partial charge in [-0.1, -0.05) is 37.9 Å². The van der Waals surface area contributed by atoms with E-state index >= 15 is 0 Å². The molecule has 0 bridgehead atoms. The first-order valence-electron chi connectivity index (χ1n) is 10.9. The van der Waals surface area contributed by atoms with Crippen molar-refractivity contribution in [2.75, 3.05) is 0 Å². The molecule has 9 heteroatoms. The van der Waals surface area contributed by atoms with Crippen molar-refractivity contribution < 1.29 is 42.1 Å². The van der Waals surface area contributed by atoms with E-state index in [0.717, 1.165) is 20.2 Å². The van der Waals surface area contributed by atoms with Crippen molar-refractivity contribution in [3.8, 4) is 11.5 Å². The first-order chi connectivity index (χ1) is 16.4. The molecule has 3 aromatic rings. The number of nitrogens with zero attached hydrogens (tertiary/aromatic N) is 2. The molecule has 0 aliphatic carbocycles. The Bertz CT molecular complexity index is 1140. The number of halogens is 2. The summed E-state index contributed by atoms with van der Waals surface area (Å²) in [6.07, 6.45) is 2.90. The fourth-order valence-electron chi connectivity index (χ4n) is 2.36. The van der Waals surface area contributed by atoms with Gasteiger partial charge in [0.05, 0.1) is 11.4 Å². The molecule has 36 heavy (non-hydrogen) atoms. The zero-order chi connectivity index (χ0) is 26.5. The van der Waals surface area contributed by atoms with Crippen molar-refractivity contribution in [2.45, 2.75) is 46.8 Å². The Kier molecular flexibility index (Phi) is 16.7. The molecule has 0 unspecified atom stereocenters. The molecule has 0 saturated heterocycles. The second-order valence-corrected chi connectivity index (χ2v) is 9.91. The number of benzene rings is 3. The minimum absolute atomic E-state index is 0. The first-order valence-corrected chi connectivity index (χ1v) is 12.5. The number of aryl methyl sites for hydroxylation is 1. The van der Waals surface area contributed by atoms with Crippen molar-refractivity contribution in [1.82, 2.24) is 0 Å². The van der Waals surface area contributed by atoms with E-state index in [1.807, 2.05) is 25.1 Å². The number of aliphatic hydroxyl groups excluding tert-OH is 2. The fraction of sp³-hybridized carbons (Fsp3) is 0.259. The van der Waals surface area contributed by atoms with Gasteiger partial charge in [0, 0.05) is 66.4 Å². The van der Waals surface area contributed by atoms with Crippen LogP contribution in [-0.4, -0.2) is 45.1 Å². The van der Waals surface area contributed by atoms with Crippen LogP contribution in [-0.2, 0) is 21.7 Å². The molecule has 4 N–H and O–H groups in total. The number of hydrogen-bond acceptors (Lipinski definition) is 6. The van der Waals surface area contributed by atoms with E-state index in [-0.39, 0.29) is 45.4 Å². The van der Waals surface area contributed by atoms with Gasteiger partial charge in [0.1, 0.15) is 11.5 Å². The summed E-state index contributed by atoms with van der Waals surface area (Å²) in [5.41, 5.74) is 3.70. The molecule has 6 nitrogen and oxygen atoms in total. The average Bonchev–Trinajstić information content (AvgIpc) is 2.75. The minimum Gasteiger partial charge on any atom is -0.507 e. The summed E-state index contributed by atoms with van der Waals surface area (Å²) in [6.45, 7) is 8.85. The molecule has 0 aliphatic heterocycles. The third-order valence-corrected chi connectivity index (χ3v) is 4.85. The summed E-state index contributed by atoms with van der Waals surface area (Å²) in [5.74, 6) is 0.330. The maximum absolute atomic E-state index is 9.93. The molecule has 192 valence electrons. The second-order valence-electron chi connectivity index (χ2n) is 8.08. The number of phenolic OH excluding ortho intramolecular Hbond substituents is 2. The summed E-state index contributed by atoms with van der Waals surface area (Å²) in [7, 11) is 0. The van der Waals surface area contributed by atoms with Crippen LogP contribution in [0, 0.1) is 6.92 Å². The number of aliphatic imine (C=N–C) groups is 2. The van der Waals surface area contributed by atoms with Crippen LogP contribution < -0.4 is 0 Å². The Hall–Kier alpha value is -1.81. The van der Waals surface area contributed by atoms with E-state index in [0.29, 0.717) is 16.8 Å². The molecule has 3 rings (SSSR count). The predicted octanol–water partition coefficient (Wildman–Crippen LogP) is 7.20. The zero-order valence-electron chi connectivity index (χ0n) is 20.9. The molecule has 0 amide bonds. The second kappa shape index (κ2) is 17.6. The quantitative estimate of drug-likeness (QED) is 0.176. The van der Waals surface area contributed by atoms with Gasteiger partial charge in [-0.15, -0.1) is 0 Å². The van der Waals surface area contributed by atoms with Gasteiger partial charge in [-0.25, -0.2) is 0 Å². The maximum atomic E-state index is 9.93. The Balaban J connectivity index is 0.00000119. The largest absolute Gasteiger partial charge is 0.507 e. The molecule has 0 spiro atoms. The van der Waals surface area contributed by atoms with Crippen LogP contribution in [0.3, 0.4) is 0 Å². The first kappa shape index (κ1) is 34.2. The standard InChI is InChI=1S/C21H16Br2N2O2.2C3H8O.Ti/c1-13-2-5-18(24-11-14-8-16(22)3-6-20(14)26)10-19(13)25-12-15-9-17(23)4-7-21(15)27;2*1-3(2)4;/h2-12,26-27H,1H3;2*3-4H,1-2H3;. The summed E-state index contributed by atoms with van der Waals surface area (Å²) in [4.78, 5) is 8.92. The smallest absolute Gasteiger partial charge is 0.124 e. The van der Waals surface area contributed by atoms with Gasteiger partial charge in [-0.2, -0.15) is 0 Å². The number of phenols is 2. The van der Waals surface area contributed by atoms with Crippen LogP contribution in [0.1, 0.15) is 44.4 Å². The Morgan fingerprint density at radius 1 is 0.694 bits per heavy atom. The maximum Gasteiger partial charge on any atom is 0.124 e. The van der Waals surface area contributed by atoms with E-state index in [1.165, 1.54) is 0 Å². The summed E-state index contributed by atoms with van der Waals surface area (Å²) in [6, 6.07) is 16.0. The monoisotopic (exact) mass is 654 g/mol. The molecule has 3 aromatic carbocycles. The summed E-state index contributed by atoms with van der Waals surface area (Å²) >= 11 is 6.77. The van der Waals surface area contributed by atoms with Crippen LogP contribution in [0.15, 0.2) is 73.5 Å². The number of aromatic hydroxyl groups is 2. The molecule has 0 radical (unpaired) electrons.